The number of nitrogen functional groups attached to an aromatic ring is 1. The number of nitrogens with two attached hydrogens (primary N) is 1. The van der Waals surface area contributed by atoms with E-state index in [4.69, 9.17) is 10.5 Å². The number of aliphatic hydroxyl groups is 2. The van der Waals surface area contributed by atoms with Crippen molar-refractivity contribution in [2.75, 3.05) is 12.3 Å². The van der Waals surface area contributed by atoms with Gasteiger partial charge in [-0.3, -0.25) is 4.57 Å². The molecule has 1 fully saturated rings. The third-order valence-corrected chi connectivity index (χ3v) is 4.52. The molecule has 0 amide bonds. The Labute approximate surface area is 141 Å². The Hall–Kier alpha value is -1.70. The summed E-state index contributed by atoms with van der Waals surface area (Å²) >= 11 is 0. The van der Waals surface area contributed by atoms with Gasteiger partial charge in [0.15, 0.2) is 5.72 Å². The van der Waals surface area contributed by atoms with Gasteiger partial charge in [0.05, 0.1) is 12.7 Å². The average Bonchev–Trinajstić information content (AvgIpc) is 2.87. The van der Waals surface area contributed by atoms with E-state index in [-0.39, 0.29) is 18.8 Å². The highest BCUT2D eigenvalue weighted by Gasteiger charge is 2.47. The summed E-state index contributed by atoms with van der Waals surface area (Å²) in [4.78, 5) is 16.3. The fourth-order valence-electron chi connectivity index (χ4n) is 3.22. The van der Waals surface area contributed by atoms with E-state index >= 15 is 0 Å². The summed E-state index contributed by atoms with van der Waals surface area (Å²) in [6.07, 6.45) is 5.93. The van der Waals surface area contributed by atoms with Gasteiger partial charge in [-0.25, -0.2) is 4.79 Å². The summed E-state index contributed by atoms with van der Waals surface area (Å²) in [5.74, 6) is 0.178. The van der Waals surface area contributed by atoms with Crippen LogP contribution in [-0.4, -0.2) is 38.6 Å². The lowest BCUT2D eigenvalue weighted by molar-refractivity contribution is -0.124. The van der Waals surface area contributed by atoms with Crippen LogP contribution in [0.25, 0.3) is 0 Å². The zero-order chi connectivity index (χ0) is 17.7. The van der Waals surface area contributed by atoms with Crippen LogP contribution in [0.5, 0.6) is 0 Å². The molecule has 0 aliphatic carbocycles. The maximum absolute atomic E-state index is 12.4. The van der Waals surface area contributed by atoms with Crippen LogP contribution in [0.2, 0.25) is 0 Å². The molecule has 2 rings (SSSR count). The third-order valence-electron chi connectivity index (χ3n) is 4.52. The zero-order valence-electron chi connectivity index (χ0n) is 14.1. The molecule has 1 aromatic rings. The van der Waals surface area contributed by atoms with Crippen molar-refractivity contribution < 1.29 is 14.9 Å². The van der Waals surface area contributed by atoms with Gasteiger partial charge in [0.1, 0.15) is 11.9 Å². The van der Waals surface area contributed by atoms with Gasteiger partial charge in [-0.1, -0.05) is 25.8 Å². The molecule has 0 bridgehead atoms. The van der Waals surface area contributed by atoms with Crippen LogP contribution in [0.4, 0.5) is 5.82 Å². The number of aliphatic hydroxyl groups excluding tert-OH is 2. The third kappa shape index (κ3) is 3.68. The Morgan fingerprint density at radius 3 is 2.92 bits per heavy atom. The van der Waals surface area contributed by atoms with E-state index in [0.717, 1.165) is 19.3 Å². The molecule has 4 N–H and O–H groups in total. The van der Waals surface area contributed by atoms with Gasteiger partial charge < -0.3 is 20.7 Å². The molecule has 7 heteroatoms. The molecule has 3 atom stereocenters. The van der Waals surface area contributed by atoms with Gasteiger partial charge in [-0.2, -0.15) is 4.98 Å². The molecular weight excluding hydrogens is 310 g/mol. The molecular formula is C17H27N3O4. The fraction of sp³-hybridized carbons (Fsp3) is 0.647. The number of unbranched alkanes of at least 4 members (excludes halogenated alkanes) is 2. The van der Waals surface area contributed by atoms with Crippen LogP contribution in [0.15, 0.2) is 23.6 Å². The van der Waals surface area contributed by atoms with E-state index in [1.807, 2.05) is 0 Å². The van der Waals surface area contributed by atoms with Gasteiger partial charge in [0, 0.05) is 18.2 Å². The summed E-state index contributed by atoms with van der Waals surface area (Å²) in [6.45, 7) is 5.48. The lowest BCUT2D eigenvalue weighted by Crippen LogP contribution is -2.43. The van der Waals surface area contributed by atoms with Crippen molar-refractivity contribution in [3.05, 3.63) is 34.9 Å². The summed E-state index contributed by atoms with van der Waals surface area (Å²) in [5.41, 5.74) is 4.99. The van der Waals surface area contributed by atoms with Crippen LogP contribution < -0.4 is 11.4 Å². The van der Waals surface area contributed by atoms with E-state index in [9.17, 15) is 15.0 Å². The van der Waals surface area contributed by atoms with E-state index in [2.05, 4.69) is 18.5 Å². The second-order valence-corrected chi connectivity index (χ2v) is 6.31. The van der Waals surface area contributed by atoms with Crippen molar-refractivity contribution in [1.29, 1.82) is 0 Å². The van der Waals surface area contributed by atoms with Gasteiger partial charge >= 0.3 is 5.69 Å². The molecule has 7 nitrogen and oxygen atoms in total. The molecule has 1 aliphatic rings. The first-order valence-electron chi connectivity index (χ1n) is 8.43. The number of allylic oxidation sites excluding steroid dienone is 1. The maximum atomic E-state index is 12.4. The van der Waals surface area contributed by atoms with Crippen LogP contribution >= 0.6 is 0 Å². The van der Waals surface area contributed by atoms with Gasteiger partial charge in [-0.15, -0.1) is 6.58 Å². The van der Waals surface area contributed by atoms with Crippen LogP contribution in [0, 0.1) is 0 Å². The van der Waals surface area contributed by atoms with Crippen molar-refractivity contribution in [3.63, 3.8) is 0 Å². The monoisotopic (exact) mass is 337 g/mol. The summed E-state index contributed by atoms with van der Waals surface area (Å²) < 4.78 is 7.38. The molecule has 0 radical (unpaired) electrons. The topological polar surface area (TPSA) is 111 Å². The normalized spacial score (nSPS) is 26.6. The summed E-state index contributed by atoms with van der Waals surface area (Å²) in [7, 11) is 0. The second-order valence-electron chi connectivity index (χ2n) is 6.31. The van der Waals surface area contributed by atoms with Crippen molar-refractivity contribution in [2.45, 2.75) is 63.4 Å². The standard InChI is InChI=1S/C17H27N3O4/c1-3-5-6-8-17(9-13(22)14(11-21)24-17)20-10-12(7-4-2)15(18)19-16(20)23/h4,10,13-14,21-22H,2-3,5-9,11H2,1H3,(H2,18,19,23)/t13-,14+,17+/m0/s1. The highest BCUT2D eigenvalue weighted by Crippen LogP contribution is 2.38. The zero-order valence-corrected chi connectivity index (χ0v) is 14.1. The molecule has 134 valence electrons. The fourth-order valence-corrected chi connectivity index (χ4v) is 3.22. The largest absolute Gasteiger partial charge is 0.394 e. The predicted octanol–water partition coefficient (Wildman–Crippen LogP) is 0.929. The lowest BCUT2D eigenvalue weighted by atomic mass is 9.99. The number of hydrogen-bond acceptors (Lipinski definition) is 6. The van der Waals surface area contributed by atoms with E-state index < -0.39 is 23.6 Å². The predicted molar refractivity (Wildman–Crippen MR) is 91.5 cm³/mol. The SMILES string of the molecule is C=CCc1cn([C@@]2(CCCCC)C[C@H](O)[C@@H](CO)O2)c(=O)nc1N. The molecule has 1 aromatic heterocycles. The van der Waals surface area contributed by atoms with E-state index in [1.54, 1.807) is 12.3 Å². The Bertz CT molecular complexity index is 631. The maximum Gasteiger partial charge on any atom is 0.351 e. The number of aromatic nitrogens is 2. The quantitative estimate of drug-likeness (QED) is 0.481. The van der Waals surface area contributed by atoms with Gasteiger partial charge in [0.2, 0.25) is 0 Å². The Kier molecular flexibility index (Phi) is 6.15. The van der Waals surface area contributed by atoms with Gasteiger partial charge in [-0.05, 0) is 19.3 Å². The smallest absolute Gasteiger partial charge is 0.351 e. The minimum Gasteiger partial charge on any atom is -0.394 e. The molecule has 0 aromatic carbocycles. The highest BCUT2D eigenvalue weighted by atomic mass is 16.6. The Morgan fingerprint density at radius 1 is 1.58 bits per heavy atom. The molecule has 0 spiro atoms. The average molecular weight is 337 g/mol. The number of rotatable bonds is 8. The van der Waals surface area contributed by atoms with E-state index in [1.165, 1.54) is 4.57 Å². The minimum absolute atomic E-state index is 0.178. The number of nitrogens with zero attached hydrogens (tertiary/aromatic N) is 2. The summed E-state index contributed by atoms with van der Waals surface area (Å²) in [5, 5.41) is 19.6. The second kappa shape index (κ2) is 7.92. The van der Waals surface area contributed by atoms with Crippen LogP contribution in [0.1, 0.15) is 44.6 Å². The highest BCUT2D eigenvalue weighted by molar-refractivity contribution is 5.38. The van der Waals surface area contributed by atoms with Crippen molar-refractivity contribution in [2.24, 2.45) is 0 Å². The molecule has 1 saturated heterocycles. The molecule has 0 saturated carbocycles. The number of hydrogen-bond donors (Lipinski definition) is 3. The first-order chi connectivity index (χ1) is 11.5. The van der Waals surface area contributed by atoms with Crippen molar-refractivity contribution in [3.8, 4) is 0 Å². The molecule has 24 heavy (non-hydrogen) atoms. The molecule has 1 aliphatic heterocycles. The van der Waals surface area contributed by atoms with E-state index in [0.29, 0.717) is 18.4 Å². The summed E-state index contributed by atoms with van der Waals surface area (Å²) in [6, 6.07) is 0. The molecule has 2 heterocycles. The Morgan fingerprint density at radius 2 is 2.33 bits per heavy atom. The molecule has 0 unspecified atom stereocenters. The van der Waals surface area contributed by atoms with Gasteiger partial charge in [0.25, 0.3) is 0 Å². The first kappa shape index (κ1) is 18.6. The van der Waals surface area contributed by atoms with Crippen LogP contribution in [0.3, 0.4) is 0 Å². The lowest BCUT2D eigenvalue weighted by Gasteiger charge is -2.31. The van der Waals surface area contributed by atoms with Crippen molar-refractivity contribution >= 4 is 5.82 Å². The number of ether oxygens (including phenoxy) is 1. The first-order valence-corrected chi connectivity index (χ1v) is 8.43. The van der Waals surface area contributed by atoms with Crippen LogP contribution in [-0.2, 0) is 16.9 Å². The number of anilines is 1. The Balaban J connectivity index is 2.46. The van der Waals surface area contributed by atoms with Crippen molar-refractivity contribution in [1.82, 2.24) is 9.55 Å². The minimum atomic E-state index is -1.00.